The average Bonchev–Trinajstić information content (AvgIpc) is 2.38. The number of halogens is 1. The number of piperidine rings is 1. The number of sulfonamides is 1. The fourth-order valence-corrected chi connectivity index (χ4v) is 4.15. The molecule has 0 aromatic rings. The third-order valence-electron chi connectivity index (χ3n) is 3.15. The zero-order valence-corrected chi connectivity index (χ0v) is 12.3. The number of hydrogen-bond acceptors (Lipinski definition) is 3. The number of hydrogen-bond donors (Lipinski definition) is 1. The van der Waals surface area contributed by atoms with E-state index in [2.05, 4.69) is 5.32 Å². The molecule has 0 spiro atoms. The molecule has 1 rings (SSSR count). The van der Waals surface area contributed by atoms with Gasteiger partial charge in [0.2, 0.25) is 15.9 Å². The van der Waals surface area contributed by atoms with Crippen molar-refractivity contribution in [3.63, 3.8) is 0 Å². The molecule has 1 heterocycles. The van der Waals surface area contributed by atoms with Crippen LogP contribution in [0.25, 0.3) is 0 Å². The molecule has 1 saturated heterocycles. The van der Waals surface area contributed by atoms with Crippen molar-refractivity contribution < 1.29 is 13.2 Å². The van der Waals surface area contributed by atoms with Gasteiger partial charge < -0.3 is 5.32 Å². The van der Waals surface area contributed by atoms with E-state index >= 15 is 0 Å². The standard InChI is InChI=1S/C11H21ClN2O3S/c1-13-11(15)10-6-2-4-8-14(10)18(16,17)9-5-3-7-12/h10H,2-9H2,1H3,(H,13,15). The van der Waals surface area contributed by atoms with Gasteiger partial charge in [-0.2, -0.15) is 4.31 Å². The van der Waals surface area contributed by atoms with Crippen LogP contribution < -0.4 is 5.32 Å². The second-order valence-electron chi connectivity index (χ2n) is 4.45. The Morgan fingerprint density at radius 3 is 2.72 bits per heavy atom. The van der Waals surface area contributed by atoms with Gasteiger partial charge in [-0.25, -0.2) is 8.42 Å². The highest BCUT2D eigenvalue weighted by Gasteiger charge is 2.35. The van der Waals surface area contributed by atoms with Gasteiger partial charge in [0.05, 0.1) is 5.75 Å². The zero-order valence-electron chi connectivity index (χ0n) is 10.7. The van der Waals surface area contributed by atoms with Crippen molar-refractivity contribution in [3.8, 4) is 0 Å². The largest absolute Gasteiger partial charge is 0.358 e. The summed E-state index contributed by atoms with van der Waals surface area (Å²) in [6.07, 6.45) is 3.55. The molecule has 18 heavy (non-hydrogen) atoms. The van der Waals surface area contributed by atoms with Crippen LogP contribution in [0, 0.1) is 0 Å². The monoisotopic (exact) mass is 296 g/mol. The van der Waals surface area contributed by atoms with Crippen LogP contribution in [-0.4, -0.2) is 49.9 Å². The van der Waals surface area contributed by atoms with Crippen molar-refractivity contribution in [2.75, 3.05) is 25.2 Å². The average molecular weight is 297 g/mol. The van der Waals surface area contributed by atoms with Crippen LogP contribution >= 0.6 is 11.6 Å². The molecular formula is C11H21ClN2O3S. The topological polar surface area (TPSA) is 66.5 Å². The highest BCUT2D eigenvalue weighted by Crippen LogP contribution is 2.21. The molecule has 1 aliphatic heterocycles. The van der Waals surface area contributed by atoms with E-state index in [0.717, 1.165) is 12.8 Å². The Morgan fingerprint density at radius 2 is 2.11 bits per heavy atom. The zero-order chi connectivity index (χ0) is 13.6. The smallest absolute Gasteiger partial charge is 0.238 e. The van der Waals surface area contributed by atoms with E-state index in [1.165, 1.54) is 11.4 Å². The lowest BCUT2D eigenvalue weighted by Gasteiger charge is -2.33. The summed E-state index contributed by atoms with van der Waals surface area (Å²) in [6, 6.07) is -0.537. The summed E-state index contributed by atoms with van der Waals surface area (Å²) in [7, 11) is -1.81. The van der Waals surface area contributed by atoms with E-state index in [4.69, 9.17) is 11.6 Å². The van der Waals surface area contributed by atoms with E-state index < -0.39 is 16.1 Å². The number of likely N-dealkylation sites (N-methyl/N-ethyl adjacent to an activating group) is 1. The second kappa shape index (κ2) is 7.31. The molecule has 0 bridgehead atoms. The Balaban J connectivity index is 2.73. The first-order valence-corrected chi connectivity index (χ1v) is 8.44. The molecule has 0 aliphatic carbocycles. The molecule has 1 amide bonds. The Labute approximate surface area is 114 Å². The summed E-state index contributed by atoms with van der Waals surface area (Å²) in [4.78, 5) is 11.7. The Morgan fingerprint density at radius 1 is 1.39 bits per heavy atom. The first-order chi connectivity index (χ1) is 8.53. The normalized spacial score (nSPS) is 21.8. The van der Waals surface area contributed by atoms with Crippen LogP contribution in [0.15, 0.2) is 0 Å². The number of unbranched alkanes of at least 4 members (excludes halogenated alkanes) is 1. The molecule has 106 valence electrons. The van der Waals surface area contributed by atoms with Gasteiger partial charge in [0.15, 0.2) is 0 Å². The summed E-state index contributed by atoms with van der Waals surface area (Å²) >= 11 is 5.55. The Hall–Kier alpha value is -0.330. The van der Waals surface area contributed by atoms with Crippen molar-refractivity contribution in [2.24, 2.45) is 0 Å². The fraction of sp³-hybridized carbons (Fsp3) is 0.909. The van der Waals surface area contributed by atoms with Gasteiger partial charge in [-0.3, -0.25) is 4.79 Å². The number of amides is 1. The number of alkyl halides is 1. The number of nitrogens with zero attached hydrogens (tertiary/aromatic N) is 1. The van der Waals surface area contributed by atoms with Crippen molar-refractivity contribution >= 4 is 27.5 Å². The number of carbonyl (C=O) groups excluding carboxylic acids is 1. The fourth-order valence-electron chi connectivity index (χ4n) is 2.16. The summed E-state index contributed by atoms with van der Waals surface area (Å²) in [6.45, 7) is 0.446. The van der Waals surface area contributed by atoms with Gasteiger partial charge in [-0.15, -0.1) is 11.6 Å². The highest BCUT2D eigenvalue weighted by atomic mass is 35.5. The maximum absolute atomic E-state index is 12.2. The molecule has 0 radical (unpaired) electrons. The van der Waals surface area contributed by atoms with E-state index in [1.807, 2.05) is 0 Å². The maximum atomic E-state index is 12.2. The third-order valence-corrected chi connectivity index (χ3v) is 5.37. The van der Waals surface area contributed by atoms with Gasteiger partial charge in [0.25, 0.3) is 0 Å². The predicted molar refractivity (Wildman–Crippen MR) is 72.2 cm³/mol. The molecule has 5 nitrogen and oxygen atoms in total. The van der Waals surface area contributed by atoms with Crippen LogP contribution in [0.1, 0.15) is 32.1 Å². The first-order valence-electron chi connectivity index (χ1n) is 6.30. The molecule has 0 aromatic heterocycles. The Bertz CT molecular complexity index is 372. The molecular weight excluding hydrogens is 276 g/mol. The van der Waals surface area contributed by atoms with E-state index in [-0.39, 0.29) is 11.7 Å². The molecule has 1 atom stereocenters. The van der Waals surface area contributed by atoms with Gasteiger partial charge >= 0.3 is 0 Å². The SMILES string of the molecule is CNC(=O)C1CCCCN1S(=O)(=O)CCCCCl. The summed E-state index contributed by atoms with van der Waals surface area (Å²) in [5.41, 5.74) is 0. The second-order valence-corrected chi connectivity index (χ2v) is 6.87. The molecule has 1 unspecified atom stereocenters. The van der Waals surface area contributed by atoms with Gasteiger partial charge in [-0.05, 0) is 25.7 Å². The van der Waals surface area contributed by atoms with Gasteiger partial charge in [0.1, 0.15) is 6.04 Å². The molecule has 1 aliphatic rings. The summed E-state index contributed by atoms with van der Waals surface area (Å²) < 4.78 is 25.8. The maximum Gasteiger partial charge on any atom is 0.238 e. The lowest BCUT2D eigenvalue weighted by molar-refractivity contribution is -0.125. The van der Waals surface area contributed by atoms with Crippen LogP contribution in [0.4, 0.5) is 0 Å². The van der Waals surface area contributed by atoms with Crippen LogP contribution in [0.5, 0.6) is 0 Å². The summed E-state index contributed by atoms with van der Waals surface area (Å²) in [5, 5.41) is 2.54. The molecule has 0 aromatic carbocycles. The minimum atomic E-state index is -3.35. The lowest BCUT2D eigenvalue weighted by atomic mass is 10.0. The van der Waals surface area contributed by atoms with E-state index in [9.17, 15) is 13.2 Å². The minimum Gasteiger partial charge on any atom is -0.358 e. The van der Waals surface area contributed by atoms with Crippen LogP contribution in [0.3, 0.4) is 0 Å². The van der Waals surface area contributed by atoms with Crippen molar-refractivity contribution in [2.45, 2.75) is 38.1 Å². The van der Waals surface area contributed by atoms with Crippen LogP contribution in [0.2, 0.25) is 0 Å². The van der Waals surface area contributed by atoms with Crippen molar-refractivity contribution in [1.29, 1.82) is 0 Å². The minimum absolute atomic E-state index is 0.0766. The van der Waals surface area contributed by atoms with Crippen molar-refractivity contribution in [3.05, 3.63) is 0 Å². The third kappa shape index (κ3) is 4.10. The number of carbonyl (C=O) groups is 1. The van der Waals surface area contributed by atoms with Gasteiger partial charge in [-0.1, -0.05) is 6.42 Å². The summed E-state index contributed by atoms with van der Waals surface area (Å²) in [5.74, 6) is 0.331. The highest BCUT2D eigenvalue weighted by molar-refractivity contribution is 7.89. The number of rotatable bonds is 6. The first kappa shape index (κ1) is 15.7. The molecule has 0 saturated carbocycles. The Kier molecular flexibility index (Phi) is 6.38. The van der Waals surface area contributed by atoms with Crippen LogP contribution in [-0.2, 0) is 14.8 Å². The molecule has 1 fully saturated rings. The van der Waals surface area contributed by atoms with Gasteiger partial charge in [0, 0.05) is 19.5 Å². The van der Waals surface area contributed by atoms with Crippen molar-refractivity contribution in [1.82, 2.24) is 9.62 Å². The quantitative estimate of drug-likeness (QED) is 0.586. The lowest BCUT2D eigenvalue weighted by Crippen LogP contribution is -2.51. The van der Waals surface area contributed by atoms with E-state index in [1.54, 1.807) is 0 Å². The molecule has 1 N–H and O–H groups in total. The van der Waals surface area contributed by atoms with E-state index in [0.29, 0.717) is 31.7 Å². The molecule has 7 heteroatoms. The predicted octanol–water partition coefficient (Wildman–Crippen LogP) is 0.936. The number of nitrogens with one attached hydrogen (secondary N) is 1.